The van der Waals surface area contributed by atoms with Crippen LogP contribution in [0.1, 0.15) is 12.7 Å². The molecule has 3 N–H and O–H groups in total. The van der Waals surface area contributed by atoms with Crippen molar-refractivity contribution in [3.05, 3.63) is 18.2 Å². The Morgan fingerprint density at radius 3 is 2.95 bits per heavy atom. The van der Waals surface area contributed by atoms with Gasteiger partial charge < -0.3 is 14.7 Å². The molecule has 0 radical (unpaired) electrons. The van der Waals surface area contributed by atoms with Crippen molar-refractivity contribution in [2.24, 2.45) is 12.9 Å². The van der Waals surface area contributed by atoms with E-state index in [1.165, 1.54) is 11.8 Å². The summed E-state index contributed by atoms with van der Waals surface area (Å²) in [5.41, 5.74) is 2.52. The molecule has 2 aromatic heterocycles. The van der Waals surface area contributed by atoms with Crippen LogP contribution in [0.15, 0.2) is 22.6 Å². The lowest BCUT2D eigenvalue weighted by molar-refractivity contribution is 0.128. The number of nitrogens with one attached hydrogen (secondary N) is 1. The van der Waals surface area contributed by atoms with Crippen molar-refractivity contribution in [1.82, 2.24) is 24.7 Å². The molecule has 9 heteroatoms. The largest absolute Gasteiger partial charge is 0.374 e. The molecule has 8 nitrogen and oxygen atoms in total. The molecule has 0 fully saturated rings. The number of hydrogen-bond acceptors (Lipinski definition) is 8. The van der Waals surface area contributed by atoms with E-state index in [-0.39, 0.29) is 0 Å². The molecular weight excluding hydrogens is 266 g/mol. The molecule has 0 spiro atoms. The van der Waals surface area contributed by atoms with Gasteiger partial charge in [0.2, 0.25) is 0 Å². The highest BCUT2D eigenvalue weighted by Gasteiger charge is 2.09. The van der Waals surface area contributed by atoms with Crippen LogP contribution >= 0.6 is 11.8 Å². The Balaban J connectivity index is 2.21. The molecule has 0 aliphatic rings. The summed E-state index contributed by atoms with van der Waals surface area (Å²) in [6.45, 7) is 2.87. The van der Waals surface area contributed by atoms with E-state index in [2.05, 4.69) is 25.6 Å². The van der Waals surface area contributed by atoms with Gasteiger partial charge in [0, 0.05) is 19.7 Å². The minimum Gasteiger partial charge on any atom is -0.374 e. The first-order valence-corrected chi connectivity index (χ1v) is 6.48. The normalized spacial score (nSPS) is 10.7. The van der Waals surface area contributed by atoms with Crippen LogP contribution in [0.2, 0.25) is 0 Å². The zero-order chi connectivity index (χ0) is 13.7. The van der Waals surface area contributed by atoms with Gasteiger partial charge in [-0.05, 0) is 18.7 Å². The van der Waals surface area contributed by atoms with Gasteiger partial charge >= 0.3 is 0 Å². The van der Waals surface area contributed by atoms with Gasteiger partial charge in [0.05, 0.1) is 0 Å². The lowest BCUT2D eigenvalue weighted by atomic mass is 10.5. The minimum atomic E-state index is 0.346. The van der Waals surface area contributed by atoms with Crippen molar-refractivity contribution in [2.75, 3.05) is 12.0 Å². The summed E-state index contributed by atoms with van der Waals surface area (Å²) in [6.07, 6.45) is 1.63. The maximum Gasteiger partial charge on any atom is 0.197 e. The fraction of sp³-hybridized carbons (Fsp3) is 0.400. The maximum absolute atomic E-state index is 5.40. The number of ether oxygens (including phenoxy) is 1. The highest BCUT2D eigenvalue weighted by Crippen LogP contribution is 2.25. The first kappa shape index (κ1) is 13.7. The summed E-state index contributed by atoms with van der Waals surface area (Å²) in [5, 5.41) is 9.28. The van der Waals surface area contributed by atoms with Crippen molar-refractivity contribution < 1.29 is 4.74 Å². The number of nitrogens with two attached hydrogens (primary N) is 1. The van der Waals surface area contributed by atoms with E-state index in [0.29, 0.717) is 24.9 Å². The lowest BCUT2D eigenvalue weighted by Crippen LogP contribution is -2.11. The summed E-state index contributed by atoms with van der Waals surface area (Å²) in [7, 11) is 1.87. The Morgan fingerprint density at radius 2 is 2.32 bits per heavy atom. The molecule has 0 amide bonds. The molecule has 2 heterocycles. The third-order valence-electron chi connectivity index (χ3n) is 2.20. The van der Waals surface area contributed by atoms with Crippen LogP contribution in [0.3, 0.4) is 0 Å². The van der Waals surface area contributed by atoms with Crippen LogP contribution in [0.25, 0.3) is 0 Å². The van der Waals surface area contributed by atoms with Crippen LogP contribution in [-0.4, -0.2) is 31.3 Å². The Labute approximate surface area is 114 Å². The fourth-order valence-corrected chi connectivity index (χ4v) is 2.10. The third kappa shape index (κ3) is 3.63. The van der Waals surface area contributed by atoms with Gasteiger partial charge in [-0.15, -0.1) is 10.2 Å². The quantitative estimate of drug-likeness (QED) is 0.450. The molecule has 19 heavy (non-hydrogen) atoms. The summed E-state index contributed by atoms with van der Waals surface area (Å²) in [6, 6.07) is 1.74. The topological polar surface area (TPSA) is 104 Å². The standard InChI is InChI=1S/C10H15N7OS/c1-3-18-5-8-13-7(15-11)4-9(14-8)19-10-16-12-6-17(10)2/h4,6H,3,5,11H2,1-2H3,(H,13,14,15). The van der Waals surface area contributed by atoms with Gasteiger partial charge in [-0.3, -0.25) is 0 Å². The van der Waals surface area contributed by atoms with Crippen LogP contribution in [-0.2, 0) is 18.4 Å². The zero-order valence-electron chi connectivity index (χ0n) is 10.7. The molecule has 0 saturated carbocycles. The van der Waals surface area contributed by atoms with E-state index < -0.39 is 0 Å². The Kier molecular flexibility index (Phi) is 4.66. The molecule has 2 aromatic rings. The van der Waals surface area contributed by atoms with Gasteiger partial charge in [-0.2, -0.15) is 0 Å². The second kappa shape index (κ2) is 6.45. The van der Waals surface area contributed by atoms with Crippen LogP contribution in [0, 0.1) is 0 Å². The van der Waals surface area contributed by atoms with Gasteiger partial charge in [-0.1, -0.05) is 0 Å². The number of nitrogen functional groups attached to an aromatic ring is 1. The lowest BCUT2D eigenvalue weighted by Gasteiger charge is -2.07. The molecule has 2 rings (SSSR count). The van der Waals surface area contributed by atoms with Crippen molar-refractivity contribution in [2.45, 2.75) is 23.7 Å². The first-order chi connectivity index (χ1) is 9.22. The molecule has 0 bridgehead atoms. The monoisotopic (exact) mass is 281 g/mol. The predicted molar refractivity (Wildman–Crippen MR) is 70.3 cm³/mol. The zero-order valence-corrected chi connectivity index (χ0v) is 11.5. The van der Waals surface area contributed by atoms with E-state index in [1.54, 1.807) is 12.4 Å². The number of aryl methyl sites for hydroxylation is 1. The third-order valence-corrected chi connectivity index (χ3v) is 3.17. The summed E-state index contributed by atoms with van der Waals surface area (Å²) in [5.74, 6) is 6.50. The van der Waals surface area contributed by atoms with E-state index in [1.807, 2.05) is 18.5 Å². The number of nitrogens with zero attached hydrogens (tertiary/aromatic N) is 5. The molecule has 102 valence electrons. The highest BCUT2D eigenvalue weighted by atomic mass is 32.2. The molecular formula is C10H15N7OS. The summed E-state index contributed by atoms with van der Waals surface area (Å²) >= 11 is 1.39. The second-order valence-electron chi connectivity index (χ2n) is 3.62. The number of aromatic nitrogens is 5. The fourth-order valence-electron chi connectivity index (χ4n) is 1.32. The Morgan fingerprint density at radius 1 is 1.47 bits per heavy atom. The van der Waals surface area contributed by atoms with E-state index in [4.69, 9.17) is 10.6 Å². The molecule has 0 aliphatic carbocycles. The minimum absolute atomic E-state index is 0.346. The van der Waals surface area contributed by atoms with Crippen LogP contribution in [0.5, 0.6) is 0 Å². The number of anilines is 1. The molecule has 0 unspecified atom stereocenters. The van der Waals surface area contributed by atoms with Crippen molar-refractivity contribution in [1.29, 1.82) is 0 Å². The Hall–Kier alpha value is -1.71. The predicted octanol–water partition coefficient (Wildman–Crippen LogP) is 0.578. The average molecular weight is 281 g/mol. The first-order valence-electron chi connectivity index (χ1n) is 5.67. The van der Waals surface area contributed by atoms with Gasteiger partial charge in [0.1, 0.15) is 23.8 Å². The highest BCUT2D eigenvalue weighted by molar-refractivity contribution is 7.99. The molecule has 0 atom stereocenters. The maximum atomic E-state index is 5.40. The number of hydrazine groups is 1. The van der Waals surface area contributed by atoms with Crippen LogP contribution in [0.4, 0.5) is 5.82 Å². The van der Waals surface area contributed by atoms with Crippen molar-refractivity contribution in [3.8, 4) is 0 Å². The molecule has 0 aliphatic heterocycles. The Bertz CT molecular complexity index is 544. The SMILES string of the molecule is CCOCc1nc(NN)cc(Sc2nncn2C)n1. The average Bonchev–Trinajstić information content (AvgIpc) is 2.81. The molecule has 0 aromatic carbocycles. The van der Waals surface area contributed by atoms with Crippen LogP contribution < -0.4 is 11.3 Å². The van der Waals surface area contributed by atoms with Crippen molar-refractivity contribution >= 4 is 17.6 Å². The van der Waals surface area contributed by atoms with Crippen molar-refractivity contribution in [3.63, 3.8) is 0 Å². The second-order valence-corrected chi connectivity index (χ2v) is 4.60. The smallest absolute Gasteiger partial charge is 0.197 e. The number of hydrogen-bond donors (Lipinski definition) is 2. The number of rotatable bonds is 6. The van der Waals surface area contributed by atoms with E-state index in [9.17, 15) is 0 Å². The van der Waals surface area contributed by atoms with Gasteiger partial charge in [-0.25, -0.2) is 15.8 Å². The van der Waals surface area contributed by atoms with E-state index in [0.717, 1.165) is 10.2 Å². The van der Waals surface area contributed by atoms with E-state index >= 15 is 0 Å². The summed E-state index contributed by atoms with van der Waals surface area (Å²) in [4.78, 5) is 8.60. The molecule has 0 saturated heterocycles. The summed E-state index contributed by atoms with van der Waals surface area (Å²) < 4.78 is 7.11. The van der Waals surface area contributed by atoms with Gasteiger partial charge in [0.15, 0.2) is 11.0 Å². The van der Waals surface area contributed by atoms with Gasteiger partial charge in [0.25, 0.3) is 0 Å².